The Morgan fingerprint density at radius 3 is 2.59 bits per heavy atom. The molecule has 1 aromatic heterocycles. The molecule has 0 saturated heterocycles. The molecule has 0 fully saturated rings. The average molecular weight is 385 g/mol. The molecule has 0 aliphatic carbocycles. The van der Waals surface area contributed by atoms with E-state index in [4.69, 9.17) is 16.3 Å². The molecule has 6 heteroatoms. The SMILES string of the molecule is COC(=O)C1=C(O)/C(=C\c2cc(C)n(-c3cc(Cl)ccc3C)c2C)N=C1C. The first-order valence-corrected chi connectivity index (χ1v) is 8.87. The third-order valence-corrected chi connectivity index (χ3v) is 4.93. The van der Waals surface area contributed by atoms with Crippen molar-refractivity contribution in [1.82, 2.24) is 4.57 Å². The number of carbonyl (C=O) groups is 1. The number of aliphatic hydroxyl groups excluding tert-OH is 1. The van der Waals surface area contributed by atoms with Crippen LogP contribution in [0.15, 0.2) is 46.3 Å². The van der Waals surface area contributed by atoms with Crippen LogP contribution in [0.3, 0.4) is 0 Å². The summed E-state index contributed by atoms with van der Waals surface area (Å²) in [6.45, 7) is 7.70. The molecule has 0 saturated carbocycles. The van der Waals surface area contributed by atoms with Gasteiger partial charge in [0.1, 0.15) is 11.3 Å². The minimum Gasteiger partial charge on any atom is -0.505 e. The van der Waals surface area contributed by atoms with E-state index in [9.17, 15) is 9.90 Å². The summed E-state index contributed by atoms with van der Waals surface area (Å²) < 4.78 is 6.83. The quantitative estimate of drug-likeness (QED) is 0.769. The number of nitrogens with zero attached hydrogens (tertiary/aromatic N) is 2. The lowest BCUT2D eigenvalue weighted by atomic mass is 10.1. The molecule has 1 aliphatic heterocycles. The number of methoxy groups -OCH3 is 1. The van der Waals surface area contributed by atoms with Crippen LogP contribution in [0.25, 0.3) is 11.8 Å². The fourth-order valence-corrected chi connectivity index (χ4v) is 3.48. The van der Waals surface area contributed by atoms with Crippen molar-refractivity contribution in [3.63, 3.8) is 0 Å². The number of hydrogen-bond donors (Lipinski definition) is 1. The van der Waals surface area contributed by atoms with Crippen molar-refractivity contribution in [2.24, 2.45) is 4.99 Å². The maximum absolute atomic E-state index is 11.8. The molecule has 27 heavy (non-hydrogen) atoms. The van der Waals surface area contributed by atoms with Gasteiger partial charge < -0.3 is 14.4 Å². The van der Waals surface area contributed by atoms with Gasteiger partial charge in [-0.15, -0.1) is 0 Å². The molecule has 0 unspecified atom stereocenters. The predicted octanol–water partition coefficient (Wildman–Crippen LogP) is 4.86. The van der Waals surface area contributed by atoms with Crippen molar-refractivity contribution in [1.29, 1.82) is 0 Å². The largest absolute Gasteiger partial charge is 0.505 e. The summed E-state index contributed by atoms with van der Waals surface area (Å²) >= 11 is 6.18. The van der Waals surface area contributed by atoms with Gasteiger partial charge in [0.25, 0.3) is 0 Å². The number of halogens is 1. The third-order valence-electron chi connectivity index (χ3n) is 4.69. The number of aliphatic hydroxyl groups is 1. The number of aromatic nitrogens is 1. The first-order chi connectivity index (χ1) is 12.7. The molecule has 0 radical (unpaired) electrons. The van der Waals surface area contributed by atoms with E-state index in [1.54, 1.807) is 13.0 Å². The average Bonchev–Trinajstić information content (AvgIpc) is 3.05. The van der Waals surface area contributed by atoms with Crippen LogP contribution in [-0.2, 0) is 9.53 Å². The summed E-state index contributed by atoms with van der Waals surface area (Å²) in [5.41, 5.74) is 5.90. The van der Waals surface area contributed by atoms with Crippen LogP contribution in [0, 0.1) is 20.8 Å². The molecule has 1 aromatic carbocycles. The summed E-state index contributed by atoms with van der Waals surface area (Å²) in [7, 11) is 1.28. The fourth-order valence-electron chi connectivity index (χ4n) is 3.31. The van der Waals surface area contributed by atoms with Crippen LogP contribution in [0.2, 0.25) is 5.02 Å². The number of ether oxygens (including phenoxy) is 1. The second-order valence-electron chi connectivity index (χ2n) is 6.53. The maximum Gasteiger partial charge on any atom is 0.343 e. The third kappa shape index (κ3) is 3.30. The highest BCUT2D eigenvalue weighted by Gasteiger charge is 2.27. The molecule has 2 heterocycles. The van der Waals surface area contributed by atoms with Gasteiger partial charge in [-0.25, -0.2) is 9.79 Å². The van der Waals surface area contributed by atoms with Gasteiger partial charge >= 0.3 is 5.97 Å². The number of esters is 1. The summed E-state index contributed by atoms with van der Waals surface area (Å²) in [5, 5.41) is 11.1. The number of rotatable bonds is 3. The summed E-state index contributed by atoms with van der Waals surface area (Å²) in [5.74, 6) is -0.764. The summed E-state index contributed by atoms with van der Waals surface area (Å²) in [6, 6.07) is 7.79. The first kappa shape index (κ1) is 19.0. The van der Waals surface area contributed by atoms with Crippen molar-refractivity contribution in [3.8, 4) is 5.69 Å². The second kappa shape index (κ2) is 7.08. The van der Waals surface area contributed by atoms with Gasteiger partial charge in [0, 0.05) is 22.1 Å². The van der Waals surface area contributed by atoms with Crippen LogP contribution in [0.1, 0.15) is 29.4 Å². The lowest BCUT2D eigenvalue weighted by molar-refractivity contribution is -0.135. The minimum atomic E-state index is -0.600. The molecule has 140 valence electrons. The number of carbonyl (C=O) groups excluding carboxylic acids is 1. The normalized spacial score (nSPS) is 15.5. The van der Waals surface area contributed by atoms with Crippen molar-refractivity contribution in [2.75, 3.05) is 7.11 Å². The minimum absolute atomic E-state index is 0.100. The van der Waals surface area contributed by atoms with Gasteiger partial charge in [0.15, 0.2) is 5.76 Å². The summed E-state index contributed by atoms with van der Waals surface area (Å²) in [6.07, 6.45) is 1.77. The Hall–Kier alpha value is -2.79. The Morgan fingerprint density at radius 2 is 1.93 bits per heavy atom. The lowest BCUT2D eigenvalue weighted by Crippen LogP contribution is -2.11. The Balaban J connectivity index is 2.11. The molecule has 2 aromatic rings. The second-order valence-corrected chi connectivity index (χ2v) is 6.97. The van der Waals surface area contributed by atoms with E-state index in [-0.39, 0.29) is 11.3 Å². The zero-order chi connectivity index (χ0) is 19.9. The fraction of sp³-hybridized carbons (Fsp3) is 0.238. The molecule has 1 aliphatic rings. The van der Waals surface area contributed by atoms with Crippen molar-refractivity contribution in [2.45, 2.75) is 27.7 Å². The smallest absolute Gasteiger partial charge is 0.343 e. The predicted molar refractivity (Wildman–Crippen MR) is 108 cm³/mol. The number of hydrogen-bond acceptors (Lipinski definition) is 4. The number of benzene rings is 1. The molecule has 0 spiro atoms. The molecule has 0 bridgehead atoms. The van der Waals surface area contributed by atoms with Crippen molar-refractivity contribution < 1.29 is 14.6 Å². The van der Waals surface area contributed by atoms with Crippen LogP contribution in [-0.4, -0.2) is 28.5 Å². The Morgan fingerprint density at radius 1 is 1.22 bits per heavy atom. The zero-order valence-electron chi connectivity index (χ0n) is 15.9. The monoisotopic (exact) mass is 384 g/mol. The van der Waals surface area contributed by atoms with E-state index in [2.05, 4.69) is 9.56 Å². The van der Waals surface area contributed by atoms with E-state index in [0.29, 0.717) is 16.4 Å². The zero-order valence-corrected chi connectivity index (χ0v) is 16.7. The van der Waals surface area contributed by atoms with Gasteiger partial charge in [0.05, 0.1) is 12.8 Å². The van der Waals surface area contributed by atoms with E-state index < -0.39 is 5.97 Å². The van der Waals surface area contributed by atoms with Gasteiger partial charge in [-0.2, -0.15) is 0 Å². The maximum atomic E-state index is 11.8. The molecule has 0 amide bonds. The molecular formula is C21H21ClN2O3. The van der Waals surface area contributed by atoms with E-state index in [1.807, 2.05) is 45.0 Å². The highest BCUT2D eigenvalue weighted by molar-refractivity contribution is 6.30. The van der Waals surface area contributed by atoms with Gasteiger partial charge in [-0.1, -0.05) is 17.7 Å². The highest BCUT2D eigenvalue weighted by Crippen LogP contribution is 2.30. The topological polar surface area (TPSA) is 63.8 Å². The van der Waals surface area contributed by atoms with Crippen LogP contribution in [0.4, 0.5) is 0 Å². The van der Waals surface area contributed by atoms with Gasteiger partial charge in [0.2, 0.25) is 0 Å². The molecular weight excluding hydrogens is 364 g/mol. The Kier molecular flexibility index (Phi) is 4.98. The van der Waals surface area contributed by atoms with E-state index in [0.717, 1.165) is 28.2 Å². The molecule has 3 rings (SSSR count). The van der Waals surface area contributed by atoms with Gasteiger partial charge in [-0.3, -0.25) is 0 Å². The number of aryl methyl sites for hydroxylation is 2. The number of aliphatic imine (C=N–C) groups is 1. The molecule has 5 nitrogen and oxygen atoms in total. The van der Waals surface area contributed by atoms with Gasteiger partial charge in [-0.05, 0) is 63.1 Å². The Bertz CT molecular complexity index is 1040. The lowest BCUT2D eigenvalue weighted by Gasteiger charge is -2.13. The Labute approximate surface area is 163 Å². The molecule has 0 atom stereocenters. The highest BCUT2D eigenvalue weighted by atomic mass is 35.5. The van der Waals surface area contributed by atoms with Crippen LogP contribution >= 0.6 is 11.6 Å². The van der Waals surface area contributed by atoms with Crippen molar-refractivity contribution in [3.05, 3.63) is 68.8 Å². The van der Waals surface area contributed by atoms with Crippen LogP contribution in [0.5, 0.6) is 0 Å². The van der Waals surface area contributed by atoms with Crippen molar-refractivity contribution >= 4 is 29.4 Å². The van der Waals surface area contributed by atoms with E-state index >= 15 is 0 Å². The molecule has 1 N–H and O–H groups in total. The van der Waals surface area contributed by atoms with E-state index in [1.165, 1.54) is 7.11 Å². The summed E-state index contributed by atoms with van der Waals surface area (Å²) in [4.78, 5) is 16.2. The van der Waals surface area contributed by atoms with Crippen LogP contribution < -0.4 is 0 Å². The first-order valence-electron chi connectivity index (χ1n) is 8.49. The standard InChI is InChI=1S/C21H21ClN2O3/c1-11-6-7-16(22)10-18(11)24-12(2)8-15(14(24)4)9-17-20(25)19(13(3)23-17)21(26)27-5/h6-10,25H,1-5H3/b17-9+.